The monoisotopic (exact) mass is 269 g/mol. The minimum Gasteiger partial charge on any atom is -0.396 e. The molecule has 0 aromatic carbocycles. The van der Waals surface area contributed by atoms with Gasteiger partial charge >= 0.3 is 0 Å². The number of likely N-dealkylation sites (tertiary alicyclic amines) is 1. The van der Waals surface area contributed by atoms with Crippen molar-refractivity contribution in [3.63, 3.8) is 0 Å². The third-order valence-electron chi connectivity index (χ3n) is 4.56. The lowest BCUT2D eigenvalue weighted by molar-refractivity contribution is 0.172. The molecule has 2 nitrogen and oxygen atoms in total. The van der Waals surface area contributed by atoms with Gasteiger partial charge in [0.2, 0.25) is 0 Å². The average Bonchev–Trinajstić information content (AvgIpc) is 2.45. The van der Waals surface area contributed by atoms with Crippen LogP contribution in [0.15, 0.2) is 0 Å². The standard InChI is InChI=1S/C17H35NO/c1-2-3-4-5-7-10-17-11-14-18(15-12-17)13-8-6-9-16-19/h17,19H,2-16H2,1H3. The molecule has 1 rings (SSSR count). The van der Waals surface area contributed by atoms with Crippen LogP contribution in [0.1, 0.15) is 77.6 Å². The van der Waals surface area contributed by atoms with E-state index in [1.165, 1.54) is 83.8 Å². The second-order valence-corrected chi connectivity index (χ2v) is 6.27. The fourth-order valence-corrected chi connectivity index (χ4v) is 3.16. The van der Waals surface area contributed by atoms with Crippen LogP contribution in [0.5, 0.6) is 0 Å². The largest absolute Gasteiger partial charge is 0.396 e. The maximum absolute atomic E-state index is 8.76. The summed E-state index contributed by atoms with van der Waals surface area (Å²) in [6.45, 7) is 6.54. The molecule has 2 heteroatoms. The summed E-state index contributed by atoms with van der Waals surface area (Å²) < 4.78 is 0. The van der Waals surface area contributed by atoms with Crippen LogP contribution in [-0.2, 0) is 0 Å². The molecule has 0 aromatic heterocycles. The minimum atomic E-state index is 0.361. The van der Waals surface area contributed by atoms with Gasteiger partial charge < -0.3 is 10.0 Å². The van der Waals surface area contributed by atoms with Gasteiger partial charge in [-0.05, 0) is 57.7 Å². The first-order valence-corrected chi connectivity index (χ1v) is 8.70. The van der Waals surface area contributed by atoms with Crippen LogP contribution in [0.3, 0.4) is 0 Å². The first kappa shape index (κ1) is 17.0. The topological polar surface area (TPSA) is 23.5 Å². The Balaban J connectivity index is 1.93. The predicted octanol–water partition coefficient (Wildman–Crippen LogP) is 4.22. The Hall–Kier alpha value is -0.0800. The van der Waals surface area contributed by atoms with Crippen LogP contribution in [0.4, 0.5) is 0 Å². The van der Waals surface area contributed by atoms with E-state index in [0.717, 1.165) is 12.3 Å². The van der Waals surface area contributed by atoms with E-state index in [4.69, 9.17) is 5.11 Å². The van der Waals surface area contributed by atoms with Crippen molar-refractivity contribution in [2.75, 3.05) is 26.2 Å². The van der Waals surface area contributed by atoms with Crippen molar-refractivity contribution in [1.29, 1.82) is 0 Å². The maximum atomic E-state index is 8.76. The molecule has 0 amide bonds. The molecule has 0 aliphatic carbocycles. The van der Waals surface area contributed by atoms with Crippen LogP contribution >= 0.6 is 0 Å². The zero-order valence-corrected chi connectivity index (χ0v) is 13.1. The quantitative estimate of drug-likeness (QED) is 0.568. The van der Waals surface area contributed by atoms with Crippen molar-refractivity contribution < 1.29 is 5.11 Å². The molecule has 19 heavy (non-hydrogen) atoms. The highest BCUT2D eigenvalue weighted by Crippen LogP contribution is 2.23. The Kier molecular flexibility index (Phi) is 10.5. The van der Waals surface area contributed by atoms with Crippen LogP contribution < -0.4 is 0 Å². The fourth-order valence-electron chi connectivity index (χ4n) is 3.16. The zero-order chi connectivity index (χ0) is 13.8. The minimum absolute atomic E-state index is 0.361. The SMILES string of the molecule is CCCCCCCC1CCN(CCCCCO)CC1. The van der Waals surface area contributed by atoms with E-state index in [0.29, 0.717) is 6.61 Å². The number of nitrogens with zero attached hydrogens (tertiary/aromatic N) is 1. The molecular weight excluding hydrogens is 234 g/mol. The Morgan fingerprint density at radius 2 is 1.58 bits per heavy atom. The van der Waals surface area contributed by atoms with Gasteiger partial charge in [0.15, 0.2) is 0 Å². The summed E-state index contributed by atoms with van der Waals surface area (Å²) in [7, 11) is 0. The van der Waals surface area contributed by atoms with Gasteiger partial charge in [0.1, 0.15) is 0 Å². The lowest BCUT2D eigenvalue weighted by atomic mass is 9.91. The summed E-state index contributed by atoms with van der Waals surface area (Å²) in [6.07, 6.45) is 14.9. The molecule has 1 heterocycles. The number of aliphatic hydroxyl groups is 1. The highest BCUT2D eigenvalue weighted by molar-refractivity contribution is 4.72. The molecule has 0 radical (unpaired) electrons. The Labute approximate surface area is 120 Å². The molecule has 0 saturated carbocycles. The first-order valence-electron chi connectivity index (χ1n) is 8.70. The summed E-state index contributed by atoms with van der Waals surface area (Å²) in [5.41, 5.74) is 0. The van der Waals surface area contributed by atoms with Crippen molar-refractivity contribution in [3.05, 3.63) is 0 Å². The van der Waals surface area contributed by atoms with Gasteiger partial charge in [0.25, 0.3) is 0 Å². The predicted molar refractivity (Wildman–Crippen MR) is 83.5 cm³/mol. The smallest absolute Gasteiger partial charge is 0.0431 e. The number of hydrogen-bond donors (Lipinski definition) is 1. The van der Waals surface area contributed by atoms with Crippen molar-refractivity contribution in [3.8, 4) is 0 Å². The lowest BCUT2D eigenvalue weighted by Gasteiger charge is -2.32. The van der Waals surface area contributed by atoms with Gasteiger partial charge in [-0.3, -0.25) is 0 Å². The fraction of sp³-hybridized carbons (Fsp3) is 1.00. The molecule has 1 aliphatic heterocycles. The lowest BCUT2D eigenvalue weighted by Crippen LogP contribution is -2.34. The summed E-state index contributed by atoms with van der Waals surface area (Å²) in [4.78, 5) is 2.63. The van der Waals surface area contributed by atoms with E-state index in [2.05, 4.69) is 11.8 Å². The normalized spacial score (nSPS) is 18.0. The van der Waals surface area contributed by atoms with E-state index < -0.39 is 0 Å². The van der Waals surface area contributed by atoms with Gasteiger partial charge in [-0.15, -0.1) is 0 Å². The molecule has 1 saturated heterocycles. The molecule has 0 aromatic rings. The Morgan fingerprint density at radius 1 is 0.895 bits per heavy atom. The molecule has 1 aliphatic rings. The van der Waals surface area contributed by atoms with Gasteiger partial charge in [-0.2, -0.15) is 0 Å². The van der Waals surface area contributed by atoms with E-state index in [1.54, 1.807) is 0 Å². The summed E-state index contributed by atoms with van der Waals surface area (Å²) in [5.74, 6) is 1.01. The average molecular weight is 269 g/mol. The molecule has 1 fully saturated rings. The third-order valence-corrected chi connectivity index (χ3v) is 4.56. The Morgan fingerprint density at radius 3 is 2.26 bits per heavy atom. The van der Waals surface area contributed by atoms with Crippen LogP contribution in [-0.4, -0.2) is 36.2 Å². The van der Waals surface area contributed by atoms with E-state index in [9.17, 15) is 0 Å². The number of piperidine rings is 1. The Bertz CT molecular complexity index is 188. The second-order valence-electron chi connectivity index (χ2n) is 6.27. The molecule has 0 atom stereocenters. The highest BCUT2D eigenvalue weighted by atomic mass is 16.2. The zero-order valence-electron chi connectivity index (χ0n) is 13.1. The number of hydrogen-bond acceptors (Lipinski definition) is 2. The van der Waals surface area contributed by atoms with Crippen molar-refractivity contribution in [2.45, 2.75) is 77.6 Å². The van der Waals surface area contributed by atoms with E-state index in [1.807, 2.05) is 0 Å². The van der Waals surface area contributed by atoms with E-state index in [-0.39, 0.29) is 0 Å². The van der Waals surface area contributed by atoms with E-state index >= 15 is 0 Å². The first-order chi connectivity index (χ1) is 9.36. The second kappa shape index (κ2) is 11.7. The van der Waals surface area contributed by atoms with Crippen LogP contribution in [0.25, 0.3) is 0 Å². The van der Waals surface area contributed by atoms with Crippen molar-refractivity contribution >= 4 is 0 Å². The van der Waals surface area contributed by atoms with Gasteiger partial charge in [-0.1, -0.05) is 45.4 Å². The molecule has 114 valence electrons. The molecule has 1 N–H and O–H groups in total. The van der Waals surface area contributed by atoms with Gasteiger partial charge in [0.05, 0.1) is 0 Å². The van der Waals surface area contributed by atoms with Crippen LogP contribution in [0.2, 0.25) is 0 Å². The molecular formula is C17H35NO. The number of unbranched alkanes of at least 4 members (excludes halogenated alkanes) is 6. The molecule has 0 spiro atoms. The maximum Gasteiger partial charge on any atom is 0.0431 e. The number of aliphatic hydroxyl groups excluding tert-OH is 1. The van der Waals surface area contributed by atoms with Crippen LogP contribution in [0, 0.1) is 5.92 Å². The summed E-state index contributed by atoms with van der Waals surface area (Å²) in [5, 5.41) is 8.76. The molecule has 0 bridgehead atoms. The van der Waals surface area contributed by atoms with Crippen molar-refractivity contribution in [2.24, 2.45) is 5.92 Å². The highest BCUT2D eigenvalue weighted by Gasteiger charge is 2.18. The number of rotatable bonds is 11. The van der Waals surface area contributed by atoms with Gasteiger partial charge in [0, 0.05) is 6.61 Å². The summed E-state index contributed by atoms with van der Waals surface area (Å²) >= 11 is 0. The molecule has 0 unspecified atom stereocenters. The van der Waals surface area contributed by atoms with Crippen molar-refractivity contribution in [1.82, 2.24) is 4.90 Å². The third kappa shape index (κ3) is 8.65. The van der Waals surface area contributed by atoms with Gasteiger partial charge in [-0.25, -0.2) is 0 Å². The summed E-state index contributed by atoms with van der Waals surface area (Å²) in [6, 6.07) is 0.